The first kappa shape index (κ1) is 16.7. The number of hydrogen-bond acceptors (Lipinski definition) is 2. The lowest BCUT2D eigenvalue weighted by atomic mass is 10.1. The Hall–Kier alpha value is -2.69. The predicted octanol–water partition coefficient (Wildman–Crippen LogP) is 3.44. The first-order chi connectivity index (χ1) is 10.9. The number of anilines is 1. The Morgan fingerprint density at radius 2 is 1.78 bits per heavy atom. The van der Waals surface area contributed by atoms with Gasteiger partial charge < -0.3 is 10.6 Å². The van der Waals surface area contributed by atoms with Gasteiger partial charge in [-0.15, -0.1) is 0 Å². The first-order valence-electron chi connectivity index (χ1n) is 7.39. The van der Waals surface area contributed by atoms with Crippen LogP contribution in [0.25, 0.3) is 0 Å². The summed E-state index contributed by atoms with van der Waals surface area (Å²) in [5.74, 6) is -1.32. The van der Waals surface area contributed by atoms with Gasteiger partial charge in [-0.05, 0) is 56.2 Å². The van der Waals surface area contributed by atoms with Gasteiger partial charge in [0.1, 0.15) is 5.82 Å². The van der Waals surface area contributed by atoms with E-state index in [-0.39, 0.29) is 11.5 Å². The second kappa shape index (κ2) is 7.05. The molecule has 0 aliphatic rings. The average Bonchev–Trinajstić information content (AvgIpc) is 2.49. The molecule has 0 aliphatic heterocycles. The van der Waals surface area contributed by atoms with Gasteiger partial charge in [0.2, 0.25) is 0 Å². The van der Waals surface area contributed by atoms with Gasteiger partial charge in [0, 0.05) is 17.8 Å². The van der Waals surface area contributed by atoms with Crippen molar-refractivity contribution < 1.29 is 14.0 Å². The molecule has 2 amide bonds. The number of carbonyl (C=O) groups excluding carboxylic acids is 2. The van der Waals surface area contributed by atoms with E-state index in [1.165, 1.54) is 12.1 Å². The van der Waals surface area contributed by atoms with Gasteiger partial charge >= 0.3 is 0 Å². The van der Waals surface area contributed by atoms with Gasteiger partial charge in [0.15, 0.2) is 0 Å². The molecule has 2 aromatic rings. The Balaban J connectivity index is 2.28. The minimum atomic E-state index is -0.569. The molecule has 120 valence electrons. The Kier molecular flexibility index (Phi) is 5.11. The van der Waals surface area contributed by atoms with E-state index in [0.717, 1.165) is 5.56 Å². The molecule has 23 heavy (non-hydrogen) atoms. The maximum Gasteiger partial charge on any atom is 0.258 e. The highest BCUT2D eigenvalue weighted by Crippen LogP contribution is 2.20. The highest BCUT2D eigenvalue weighted by Gasteiger charge is 2.15. The second-order valence-corrected chi connectivity index (χ2v) is 5.28. The number of nitrogens with one attached hydrogen (secondary N) is 2. The lowest BCUT2D eigenvalue weighted by Gasteiger charge is -2.12. The Labute approximate surface area is 134 Å². The van der Waals surface area contributed by atoms with Crippen LogP contribution in [0.1, 0.15) is 38.8 Å². The van der Waals surface area contributed by atoms with Crippen LogP contribution in [-0.2, 0) is 0 Å². The number of rotatable bonds is 4. The summed E-state index contributed by atoms with van der Waals surface area (Å²) < 4.78 is 13.9. The highest BCUT2D eigenvalue weighted by atomic mass is 19.1. The molecule has 0 saturated heterocycles. The molecule has 0 aliphatic carbocycles. The molecule has 2 rings (SSSR count). The van der Waals surface area contributed by atoms with E-state index >= 15 is 0 Å². The summed E-state index contributed by atoms with van der Waals surface area (Å²) in [4.78, 5) is 24.2. The fraction of sp³-hybridized carbons (Fsp3) is 0.222. The zero-order chi connectivity index (χ0) is 17.0. The van der Waals surface area contributed by atoms with E-state index in [1.54, 1.807) is 38.1 Å². The maximum atomic E-state index is 13.9. The molecular weight excluding hydrogens is 295 g/mol. The molecule has 5 heteroatoms. The van der Waals surface area contributed by atoms with Crippen molar-refractivity contribution in [3.63, 3.8) is 0 Å². The van der Waals surface area contributed by atoms with E-state index in [4.69, 9.17) is 0 Å². The summed E-state index contributed by atoms with van der Waals surface area (Å²) in [5.41, 5.74) is 2.32. The van der Waals surface area contributed by atoms with Crippen molar-refractivity contribution in [3.05, 3.63) is 64.5 Å². The van der Waals surface area contributed by atoms with E-state index in [2.05, 4.69) is 10.6 Å². The fourth-order valence-corrected chi connectivity index (χ4v) is 2.27. The van der Waals surface area contributed by atoms with Crippen molar-refractivity contribution in [2.24, 2.45) is 0 Å². The topological polar surface area (TPSA) is 58.2 Å². The molecule has 0 unspecified atom stereocenters. The van der Waals surface area contributed by atoms with Crippen molar-refractivity contribution in [2.75, 3.05) is 11.9 Å². The van der Waals surface area contributed by atoms with E-state index in [1.807, 2.05) is 6.92 Å². The number of aryl methyl sites for hydroxylation is 1. The maximum absolute atomic E-state index is 13.9. The third-order valence-electron chi connectivity index (χ3n) is 3.53. The van der Waals surface area contributed by atoms with Crippen molar-refractivity contribution in [1.82, 2.24) is 5.32 Å². The van der Waals surface area contributed by atoms with Gasteiger partial charge in [-0.25, -0.2) is 4.39 Å². The van der Waals surface area contributed by atoms with E-state index in [9.17, 15) is 14.0 Å². The largest absolute Gasteiger partial charge is 0.352 e. The average molecular weight is 314 g/mol. The Morgan fingerprint density at radius 3 is 2.43 bits per heavy atom. The van der Waals surface area contributed by atoms with Crippen molar-refractivity contribution in [2.45, 2.75) is 20.8 Å². The number of halogens is 1. The predicted molar refractivity (Wildman–Crippen MR) is 88.3 cm³/mol. The summed E-state index contributed by atoms with van der Waals surface area (Å²) in [6.07, 6.45) is 0. The van der Waals surface area contributed by atoms with Crippen LogP contribution < -0.4 is 10.6 Å². The third-order valence-corrected chi connectivity index (χ3v) is 3.53. The monoisotopic (exact) mass is 314 g/mol. The molecule has 0 aromatic heterocycles. The van der Waals surface area contributed by atoms with Crippen LogP contribution in [0.2, 0.25) is 0 Å². The SMILES string of the molecule is CCNC(=O)c1cccc(NC(=O)c2ccc(C)cc2F)c1C. The van der Waals surface area contributed by atoms with Gasteiger partial charge in [-0.2, -0.15) is 0 Å². The van der Waals surface area contributed by atoms with Crippen LogP contribution >= 0.6 is 0 Å². The lowest BCUT2D eigenvalue weighted by molar-refractivity contribution is 0.0953. The molecule has 4 nitrogen and oxygen atoms in total. The summed E-state index contributed by atoms with van der Waals surface area (Å²) in [5, 5.41) is 5.38. The molecule has 0 atom stereocenters. The Morgan fingerprint density at radius 1 is 1.04 bits per heavy atom. The van der Waals surface area contributed by atoms with Crippen LogP contribution in [0.3, 0.4) is 0 Å². The molecule has 0 fully saturated rings. The first-order valence-corrected chi connectivity index (χ1v) is 7.39. The number of amides is 2. The summed E-state index contributed by atoms with van der Waals surface area (Å²) in [6, 6.07) is 9.48. The molecule has 0 heterocycles. The zero-order valence-electron chi connectivity index (χ0n) is 13.4. The fourth-order valence-electron chi connectivity index (χ4n) is 2.27. The molecule has 0 spiro atoms. The highest BCUT2D eigenvalue weighted by molar-refractivity contribution is 6.06. The summed E-state index contributed by atoms with van der Waals surface area (Å²) >= 11 is 0. The van der Waals surface area contributed by atoms with Crippen molar-refractivity contribution in [1.29, 1.82) is 0 Å². The van der Waals surface area contributed by atoms with E-state index < -0.39 is 11.7 Å². The molecular formula is C18H19FN2O2. The quantitative estimate of drug-likeness (QED) is 0.908. The van der Waals surface area contributed by atoms with Crippen molar-refractivity contribution in [3.8, 4) is 0 Å². The van der Waals surface area contributed by atoms with Crippen LogP contribution in [0.15, 0.2) is 36.4 Å². The van der Waals surface area contributed by atoms with Gasteiger partial charge in [0.05, 0.1) is 5.56 Å². The van der Waals surface area contributed by atoms with Gasteiger partial charge in [-0.3, -0.25) is 9.59 Å². The second-order valence-electron chi connectivity index (χ2n) is 5.28. The lowest BCUT2D eigenvalue weighted by Crippen LogP contribution is -2.24. The minimum absolute atomic E-state index is 0.0292. The smallest absolute Gasteiger partial charge is 0.258 e. The van der Waals surface area contributed by atoms with Crippen LogP contribution in [-0.4, -0.2) is 18.4 Å². The van der Waals surface area contributed by atoms with Gasteiger partial charge in [-0.1, -0.05) is 12.1 Å². The van der Waals surface area contributed by atoms with Crippen molar-refractivity contribution >= 4 is 17.5 Å². The normalized spacial score (nSPS) is 10.3. The van der Waals surface area contributed by atoms with Gasteiger partial charge in [0.25, 0.3) is 11.8 Å². The molecule has 2 aromatic carbocycles. The summed E-state index contributed by atoms with van der Waals surface area (Å²) in [6.45, 7) is 5.85. The zero-order valence-corrected chi connectivity index (χ0v) is 13.4. The molecule has 0 radical (unpaired) electrons. The van der Waals surface area contributed by atoms with E-state index in [0.29, 0.717) is 23.4 Å². The minimum Gasteiger partial charge on any atom is -0.352 e. The molecule has 2 N–H and O–H groups in total. The van der Waals surface area contributed by atoms with Crippen LogP contribution in [0.5, 0.6) is 0 Å². The number of hydrogen-bond donors (Lipinski definition) is 2. The summed E-state index contributed by atoms with van der Waals surface area (Å²) in [7, 11) is 0. The van der Waals surface area contributed by atoms with Crippen LogP contribution in [0.4, 0.5) is 10.1 Å². The standard InChI is InChI=1S/C18H19FN2O2/c1-4-20-17(22)13-6-5-7-16(12(13)3)21-18(23)14-9-8-11(2)10-15(14)19/h5-10H,4H2,1-3H3,(H,20,22)(H,21,23). The molecule has 0 bridgehead atoms. The number of benzene rings is 2. The Bertz CT molecular complexity index is 757. The number of carbonyl (C=O) groups is 2. The third kappa shape index (κ3) is 3.74. The molecule has 0 saturated carbocycles. The van der Waals surface area contributed by atoms with Crippen LogP contribution in [0, 0.1) is 19.7 Å².